The number of rotatable bonds is 11. The lowest BCUT2D eigenvalue weighted by atomic mass is 9.91. The smallest absolute Gasteiger partial charge is 0.00210 e. The van der Waals surface area contributed by atoms with Gasteiger partial charge in [-0.2, -0.15) is 36.2 Å². The van der Waals surface area contributed by atoms with Crippen LogP contribution in [0.2, 0.25) is 0 Å². The Hall–Kier alpha value is -3.11. The van der Waals surface area contributed by atoms with Crippen LogP contribution in [0.1, 0.15) is 30.9 Å². The SMILES string of the molecule is CCCSCCc1ccc2ccc3cccc4ccc1c2c34.SCCSCCCc1ccc2ccc3cccc4ccc1c2c34. The summed E-state index contributed by atoms with van der Waals surface area (Å²) in [6.45, 7) is 2.25. The second kappa shape index (κ2) is 14.1. The predicted molar refractivity (Wildman–Crippen MR) is 211 cm³/mol. The summed E-state index contributed by atoms with van der Waals surface area (Å²) >= 11 is 8.35. The molecule has 0 radical (unpaired) electrons. The number of benzene rings is 8. The molecule has 0 spiro atoms. The fourth-order valence-corrected chi connectivity index (χ4v) is 8.91. The molecule has 0 unspecified atom stereocenters. The lowest BCUT2D eigenvalue weighted by molar-refractivity contribution is 0.942. The van der Waals surface area contributed by atoms with Crippen molar-refractivity contribution in [2.24, 2.45) is 0 Å². The Morgan fingerprint density at radius 1 is 0.444 bits per heavy atom. The van der Waals surface area contributed by atoms with Crippen LogP contribution >= 0.6 is 36.2 Å². The molecule has 8 rings (SSSR count). The summed E-state index contributed by atoms with van der Waals surface area (Å²) in [7, 11) is 0. The number of hydrogen-bond donors (Lipinski definition) is 1. The highest BCUT2D eigenvalue weighted by atomic mass is 32.2. The van der Waals surface area contributed by atoms with Gasteiger partial charge in [-0.3, -0.25) is 0 Å². The normalized spacial score (nSPS) is 11.9. The van der Waals surface area contributed by atoms with Crippen molar-refractivity contribution in [3.8, 4) is 0 Å². The predicted octanol–water partition coefficient (Wildman–Crippen LogP) is 12.4. The Morgan fingerprint density at radius 3 is 1.40 bits per heavy atom. The van der Waals surface area contributed by atoms with Gasteiger partial charge in [0, 0.05) is 5.75 Å². The van der Waals surface area contributed by atoms with Gasteiger partial charge in [-0.25, -0.2) is 0 Å². The Bertz CT molecular complexity index is 2150. The topological polar surface area (TPSA) is 0 Å². The standard InChI is InChI=1S/C21H20S2.C21H20S/c22-12-14-23-13-2-5-15-6-7-18-9-8-16-3-1-4-17-10-11-19(15)21(18)20(16)17;1-2-13-22-14-12-15-6-7-18-9-8-16-4-3-5-17-10-11-19(15)21(18)20(16)17/h1,3-4,6-11,22H,2,5,12-14H2;3-11H,2,12-14H2,1H3. The van der Waals surface area contributed by atoms with Crippen LogP contribution in [-0.4, -0.2) is 28.8 Å². The van der Waals surface area contributed by atoms with Gasteiger partial charge in [0.1, 0.15) is 0 Å². The van der Waals surface area contributed by atoms with E-state index in [4.69, 9.17) is 0 Å². The molecule has 0 saturated carbocycles. The van der Waals surface area contributed by atoms with Crippen molar-refractivity contribution < 1.29 is 0 Å². The van der Waals surface area contributed by atoms with Crippen molar-refractivity contribution in [2.45, 2.75) is 32.6 Å². The molecule has 0 saturated heterocycles. The Labute approximate surface area is 281 Å². The molecule has 8 aromatic rings. The molecule has 8 aromatic carbocycles. The average Bonchev–Trinajstić information content (AvgIpc) is 3.09. The van der Waals surface area contributed by atoms with E-state index >= 15 is 0 Å². The highest BCUT2D eigenvalue weighted by molar-refractivity contribution is 8.00. The first-order valence-corrected chi connectivity index (χ1v) is 19.3. The third-order valence-electron chi connectivity index (χ3n) is 9.07. The van der Waals surface area contributed by atoms with Crippen molar-refractivity contribution in [1.29, 1.82) is 0 Å². The van der Waals surface area contributed by atoms with Gasteiger partial charge >= 0.3 is 0 Å². The van der Waals surface area contributed by atoms with Gasteiger partial charge in [-0.15, -0.1) is 0 Å². The van der Waals surface area contributed by atoms with Crippen molar-refractivity contribution in [1.82, 2.24) is 0 Å². The molecule has 0 bridgehead atoms. The quantitative estimate of drug-likeness (QED) is 0.0848. The number of thioether (sulfide) groups is 2. The summed E-state index contributed by atoms with van der Waals surface area (Å²) in [4.78, 5) is 0. The van der Waals surface area contributed by atoms with Gasteiger partial charge in [0.2, 0.25) is 0 Å². The third kappa shape index (κ3) is 6.20. The molecule has 0 heterocycles. The van der Waals surface area contributed by atoms with E-state index in [0.717, 1.165) is 17.9 Å². The van der Waals surface area contributed by atoms with Crippen molar-refractivity contribution in [2.75, 3.05) is 28.8 Å². The van der Waals surface area contributed by atoms with E-state index in [0.29, 0.717) is 0 Å². The van der Waals surface area contributed by atoms with E-state index < -0.39 is 0 Å². The van der Waals surface area contributed by atoms with Crippen LogP contribution in [0.5, 0.6) is 0 Å². The first kappa shape index (κ1) is 30.5. The van der Waals surface area contributed by atoms with Crippen molar-refractivity contribution in [3.63, 3.8) is 0 Å². The molecule has 0 aliphatic carbocycles. The van der Waals surface area contributed by atoms with E-state index in [1.165, 1.54) is 112 Å². The van der Waals surface area contributed by atoms with Crippen LogP contribution in [0.4, 0.5) is 0 Å². The van der Waals surface area contributed by atoms with E-state index in [-0.39, 0.29) is 0 Å². The molecule has 45 heavy (non-hydrogen) atoms. The van der Waals surface area contributed by atoms with Gasteiger partial charge < -0.3 is 0 Å². The van der Waals surface area contributed by atoms with Gasteiger partial charge in [0.15, 0.2) is 0 Å². The van der Waals surface area contributed by atoms with Gasteiger partial charge in [-0.05, 0) is 124 Å². The van der Waals surface area contributed by atoms with E-state index in [1.54, 1.807) is 0 Å². The zero-order chi connectivity index (χ0) is 30.6. The van der Waals surface area contributed by atoms with Crippen molar-refractivity contribution in [3.05, 3.63) is 120 Å². The van der Waals surface area contributed by atoms with Crippen LogP contribution in [0.3, 0.4) is 0 Å². The minimum absolute atomic E-state index is 0.976. The van der Waals surface area contributed by atoms with Gasteiger partial charge in [0.05, 0.1) is 0 Å². The molecule has 0 aromatic heterocycles. The molecule has 0 atom stereocenters. The van der Waals surface area contributed by atoms with E-state index in [2.05, 4.69) is 141 Å². The van der Waals surface area contributed by atoms with Crippen LogP contribution in [0.25, 0.3) is 64.6 Å². The maximum Gasteiger partial charge on any atom is 0.00210 e. The first-order valence-electron chi connectivity index (χ1n) is 16.3. The third-order valence-corrected chi connectivity index (χ3v) is 11.9. The van der Waals surface area contributed by atoms with Crippen LogP contribution in [0.15, 0.2) is 109 Å². The highest BCUT2D eigenvalue weighted by Crippen LogP contribution is 2.37. The lowest BCUT2D eigenvalue weighted by Crippen LogP contribution is -1.93. The summed E-state index contributed by atoms with van der Waals surface area (Å²) in [6, 6.07) is 40.7. The zero-order valence-electron chi connectivity index (χ0n) is 26.0. The summed E-state index contributed by atoms with van der Waals surface area (Å²) in [5.41, 5.74) is 2.98. The maximum atomic E-state index is 4.28. The fourth-order valence-electron chi connectivity index (χ4n) is 6.99. The fraction of sp³-hybridized carbons (Fsp3) is 0.238. The molecule has 0 aliphatic rings. The molecule has 226 valence electrons. The summed E-state index contributed by atoms with van der Waals surface area (Å²) < 4.78 is 0. The van der Waals surface area contributed by atoms with E-state index in [1.807, 2.05) is 11.8 Å². The minimum atomic E-state index is 0.976. The monoisotopic (exact) mass is 640 g/mol. The molecule has 3 heteroatoms. The second-order valence-electron chi connectivity index (χ2n) is 12.0. The minimum Gasteiger partial charge on any atom is -0.179 e. The number of hydrogen-bond acceptors (Lipinski definition) is 3. The van der Waals surface area contributed by atoms with Gasteiger partial charge in [-0.1, -0.05) is 116 Å². The van der Waals surface area contributed by atoms with Crippen LogP contribution in [-0.2, 0) is 12.8 Å². The molecular formula is C42H40S3. The first-order chi connectivity index (χ1) is 22.3. The summed E-state index contributed by atoms with van der Waals surface area (Å²) in [5.74, 6) is 5.84. The summed E-state index contributed by atoms with van der Waals surface area (Å²) in [5, 5.41) is 16.8. The zero-order valence-corrected chi connectivity index (χ0v) is 28.5. The molecule has 0 aliphatic heterocycles. The van der Waals surface area contributed by atoms with Crippen molar-refractivity contribution >= 4 is 101 Å². The average molecular weight is 641 g/mol. The lowest BCUT2D eigenvalue weighted by Gasteiger charge is -2.13. The molecule has 0 amide bonds. The Balaban J connectivity index is 0.000000145. The Morgan fingerprint density at radius 2 is 0.889 bits per heavy atom. The van der Waals surface area contributed by atoms with Crippen LogP contribution in [0, 0.1) is 0 Å². The molecule has 0 nitrogen and oxygen atoms in total. The summed E-state index contributed by atoms with van der Waals surface area (Å²) in [6.07, 6.45) is 4.83. The van der Waals surface area contributed by atoms with E-state index in [9.17, 15) is 0 Å². The number of aryl methyl sites for hydroxylation is 2. The molecule has 0 fully saturated rings. The van der Waals surface area contributed by atoms with Gasteiger partial charge in [0.25, 0.3) is 0 Å². The molecular weight excluding hydrogens is 601 g/mol. The Kier molecular flexibility index (Phi) is 9.58. The highest BCUT2D eigenvalue weighted by Gasteiger charge is 2.12. The number of thiol groups is 1. The maximum absolute atomic E-state index is 4.28. The molecule has 0 N–H and O–H groups in total. The van der Waals surface area contributed by atoms with Crippen LogP contribution < -0.4 is 0 Å². The second-order valence-corrected chi connectivity index (χ2v) is 14.9. The largest absolute Gasteiger partial charge is 0.179 e.